The Labute approximate surface area is 104 Å². The summed E-state index contributed by atoms with van der Waals surface area (Å²) in [6.07, 6.45) is 0. The number of piperazine rings is 1. The van der Waals surface area contributed by atoms with Gasteiger partial charge < -0.3 is 19.5 Å². The Morgan fingerprint density at radius 1 is 1.72 bits per heavy atom. The van der Waals surface area contributed by atoms with Crippen LogP contribution in [-0.4, -0.2) is 47.6 Å². The molecule has 1 aliphatic heterocycles. The molecule has 0 spiro atoms. The molecule has 1 aromatic heterocycles. The van der Waals surface area contributed by atoms with Gasteiger partial charge in [-0.3, -0.25) is 9.59 Å². The molecule has 0 saturated carbocycles. The molecule has 7 nitrogen and oxygen atoms in total. The third-order valence-corrected chi connectivity index (χ3v) is 2.77. The molecule has 98 valence electrons. The summed E-state index contributed by atoms with van der Waals surface area (Å²) in [5.41, 5.74) is 0. The maximum absolute atomic E-state index is 11.9. The van der Waals surface area contributed by atoms with E-state index in [2.05, 4.69) is 10.5 Å². The van der Waals surface area contributed by atoms with Crippen LogP contribution in [0.2, 0.25) is 0 Å². The number of hydrogen-bond donors (Lipinski definition) is 1. The number of carbonyl (C=O) groups is 2. The first kappa shape index (κ1) is 12.4. The van der Waals surface area contributed by atoms with Gasteiger partial charge in [0.05, 0.1) is 0 Å². The lowest BCUT2D eigenvalue weighted by molar-refractivity contribution is -0.143. The van der Waals surface area contributed by atoms with Crippen molar-refractivity contribution in [2.45, 2.75) is 19.9 Å². The Morgan fingerprint density at radius 2 is 2.50 bits per heavy atom. The van der Waals surface area contributed by atoms with Crippen molar-refractivity contribution < 1.29 is 18.8 Å². The van der Waals surface area contributed by atoms with Crippen LogP contribution in [-0.2, 0) is 9.59 Å². The van der Waals surface area contributed by atoms with Crippen LogP contribution in [0.1, 0.15) is 12.7 Å². The van der Waals surface area contributed by atoms with Crippen molar-refractivity contribution in [3.05, 3.63) is 11.8 Å². The van der Waals surface area contributed by atoms with Crippen LogP contribution in [0.4, 0.5) is 0 Å². The van der Waals surface area contributed by atoms with Crippen molar-refractivity contribution in [2.24, 2.45) is 0 Å². The number of nitrogens with one attached hydrogen (secondary N) is 1. The van der Waals surface area contributed by atoms with Gasteiger partial charge in [0.1, 0.15) is 11.8 Å². The molecule has 2 rings (SSSR count). The molecule has 1 saturated heterocycles. The highest BCUT2D eigenvalue weighted by atomic mass is 16.5. The van der Waals surface area contributed by atoms with Crippen molar-refractivity contribution >= 4 is 11.8 Å². The Balaban J connectivity index is 1.89. The fraction of sp³-hybridized carbons (Fsp3) is 0.545. The van der Waals surface area contributed by atoms with Gasteiger partial charge in [-0.2, -0.15) is 0 Å². The molecule has 18 heavy (non-hydrogen) atoms. The normalized spacial score (nSPS) is 19.6. The molecule has 0 radical (unpaired) electrons. The van der Waals surface area contributed by atoms with Crippen molar-refractivity contribution in [2.75, 3.05) is 19.7 Å². The second-order valence-electron chi connectivity index (χ2n) is 4.12. The van der Waals surface area contributed by atoms with E-state index < -0.39 is 6.04 Å². The van der Waals surface area contributed by atoms with E-state index in [4.69, 9.17) is 9.26 Å². The number of aryl methyl sites for hydroxylation is 1. The van der Waals surface area contributed by atoms with E-state index in [0.717, 1.165) is 0 Å². The summed E-state index contributed by atoms with van der Waals surface area (Å²) in [6.45, 7) is 4.24. The maximum atomic E-state index is 11.9. The van der Waals surface area contributed by atoms with Crippen LogP contribution in [0.5, 0.6) is 5.88 Å². The van der Waals surface area contributed by atoms with E-state index in [9.17, 15) is 9.59 Å². The van der Waals surface area contributed by atoms with E-state index in [1.165, 1.54) is 4.90 Å². The highest BCUT2D eigenvalue weighted by molar-refractivity contribution is 5.88. The second kappa shape index (κ2) is 5.07. The van der Waals surface area contributed by atoms with Gasteiger partial charge in [0.2, 0.25) is 5.91 Å². The number of aromatic nitrogens is 1. The fourth-order valence-electron chi connectivity index (χ4n) is 1.75. The Morgan fingerprint density at radius 3 is 3.17 bits per heavy atom. The van der Waals surface area contributed by atoms with Gasteiger partial charge in [0, 0.05) is 19.2 Å². The number of hydrogen-bond acceptors (Lipinski definition) is 5. The molecule has 1 fully saturated rings. The molecule has 0 aliphatic carbocycles. The smallest absolute Gasteiger partial charge is 0.261 e. The molecule has 2 amide bonds. The highest BCUT2D eigenvalue weighted by Crippen LogP contribution is 2.11. The van der Waals surface area contributed by atoms with E-state index in [1.54, 1.807) is 19.9 Å². The largest absolute Gasteiger partial charge is 0.465 e. The monoisotopic (exact) mass is 253 g/mol. The molecular weight excluding hydrogens is 238 g/mol. The molecule has 1 N–H and O–H groups in total. The van der Waals surface area contributed by atoms with Gasteiger partial charge in [-0.25, -0.2) is 0 Å². The Kier molecular flexibility index (Phi) is 3.50. The lowest BCUT2D eigenvalue weighted by Crippen LogP contribution is -2.56. The molecule has 1 aromatic rings. The predicted molar refractivity (Wildman–Crippen MR) is 60.9 cm³/mol. The van der Waals surface area contributed by atoms with Crippen LogP contribution in [0.15, 0.2) is 10.6 Å². The van der Waals surface area contributed by atoms with Crippen molar-refractivity contribution in [1.29, 1.82) is 0 Å². The first-order valence-corrected chi connectivity index (χ1v) is 5.71. The third-order valence-electron chi connectivity index (χ3n) is 2.77. The summed E-state index contributed by atoms with van der Waals surface area (Å²) in [4.78, 5) is 24.8. The minimum atomic E-state index is -0.464. The quantitative estimate of drug-likeness (QED) is 0.800. The number of rotatable bonds is 3. The second-order valence-corrected chi connectivity index (χ2v) is 4.12. The summed E-state index contributed by atoms with van der Waals surface area (Å²) < 4.78 is 10.0. The number of ether oxygens (including phenoxy) is 1. The van der Waals surface area contributed by atoms with E-state index >= 15 is 0 Å². The summed E-state index contributed by atoms with van der Waals surface area (Å²) in [5.74, 6) is 0.503. The van der Waals surface area contributed by atoms with Crippen molar-refractivity contribution in [3.63, 3.8) is 0 Å². The number of amides is 2. The van der Waals surface area contributed by atoms with E-state index in [-0.39, 0.29) is 24.3 Å². The van der Waals surface area contributed by atoms with Crippen LogP contribution in [0, 0.1) is 6.92 Å². The average Bonchev–Trinajstić information content (AvgIpc) is 2.76. The molecule has 2 heterocycles. The van der Waals surface area contributed by atoms with Crippen molar-refractivity contribution in [1.82, 2.24) is 15.4 Å². The molecule has 7 heteroatoms. The minimum absolute atomic E-state index is 0.146. The molecule has 0 aromatic carbocycles. The molecular formula is C11H15N3O4. The van der Waals surface area contributed by atoms with E-state index in [0.29, 0.717) is 18.8 Å². The summed E-state index contributed by atoms with van der Waals surface area (Å²) in [7, 11) is 0. The minimum Gasteiger partial charge on any atom is -0.465 e. The summed E-state index contributed by atoms with van der Waals surface area (Å²) >= 11 is 0. The van der Waals surface area contributed by atoms with Crippen molar-refractivity contribution in [3.8, 4) is 5.88 Å². The van der Waals surface area contributed by atoms with E-state index in [1.807, 2.05) is 0 Å². The summed E-state index contributed by atoms with van der Waals surface area (Å²) in [6, 6.07) is 1.13. The van der Waals surface area contributed by atoms with Gasteiger partial charge in [-0.05, 0) is 19.0 Å². The van der Waals surface area contributed by atoms with Crippen LogP contribution in [0.25, 0.3) is 0 Å². The maximum Gasteiger partial charge on any atom is 0.261 e. The zero-order valence-electron chi connectivity index (χ0n) is 10.3. The molecule has 1 atom stereocenters. The lowest BCUT2D eigenvalue weighted by atomic mass is 10.2. The molecule has 0 bridgehead atoms. The van der Waals surface area contributed by atoms with Crippen LogP contribution < -0.4 is 10.1 Å². The Bertz CT molecular complexity index is 457. The Hall–Kier alpha value is -2.05. The topological polar surface area (TPSA) is 84.7 Å². The summed E-state index contributed by atoms with van der Waals surface area (Å²) in [5, 5.41) is 6.31. The predicted octanol–water partition coefficient (Wildman–Crippen LogP) is -0.291. The fourth-order valence-corrected chi connectivity index (χ4v) is 1.75. The van der Waals surface area contributed by atoms with Gasteiger partial charge >= 0.3 is 0 Å². The standard InChI is InChI=1S/C11H15N3O4/c1-7-5-9(13-18-7)17-6-10(15)14-4-3-12-11(16)8(14)2/h5,8H,3-4,6H2,1-2H3,(H,12,16). The zero-order chi connectivity index (χ0) is 13.1. The first-order valence-electron chi connectivity index (χ1n) is 5.71. The lowest BCUT2D eigenvalue weighted by Gasteiger charge is -2.32. The van der Waals surface area contributed by atoms with Gasteiger partial charge in [-0.1, -0.05) is 0 Å². The number of carbonyl (C=O) groups excluding carboxylic acids is 2. The van der Waals surface area contributed by atoms with Crippen LogP contribution >= 0.6 is 0 Å². The first-order chi connectivity index (χ1) is 8.58. The third kappa shape index (κ3) is 2.61. The zero-order valence-corrected chi connectivity index (χ0v) is 10.3. The molecule has 1 aliphatic rings. The average molecular weight is 253 g/mol. The molecule has 1 unspecified atom stereocenters. The van der Waals surface area contributed by atoms with Gasteiger partial charge in [0.25, 0.3) is 11.8 Å². The van der Waals surface area contributed by atoms with Gasteiger partial charge in [-0.15, -0.1) is 0 Å². The van der Waals surface area contributed by atoms with Crippen LogP contribution in [0.3, 0.4) is 0 Å². The van der Waals surface area contributed by atoms with Gasteiger partial charge in [0.15, 0.2) is 6.61 Å². The SMILES string of the molecule is Cc1cc(OCC(=O)N2CCNC(=O)C2C)no1. The highest BCUT2D eigenvalue weighted by Gasteiger charge is 2.29. The number of nitrogens with zero attached hydrogens (tertiary/aromatic N) is 2.